The highest BCUT2D eigenvalue weighted by molar-refractivity contribution is 7.86. The summed E-state index contributed by atoms with van der Waals surface area (Å²) in [6, 6.07) is 7.54. The van der Waals surface area contributed by atoms with Crippen molar-refractivity contribution >= 4 is 16.1 Å². The third-order valence-electron chi connectivity index (χ3n) is 5.39. The fourth-order valence-corrected chi connectivity index (χ4v) is 5.55. The molecule has 1 aromatic carbocycles. The lowest BCUT2D eigenvalue weighted by molar-refractivity contribution is -0.122. The number of morpholine rings is 1. The first-order valence-electron chi connectivity index (χ1n) is 10.3. The van der Waals surface area contributed by atoms with Crippen molar-refractivity contribution in [2.75, 3.05) is 52.9 Å². The van der Waals surface area contributed by atoms with Crippen LogP contribution in [-0.2, 0) is 26.3 Å². The van der Waals surface area contributed by atoms with Crippen LogP contribution >= 0.6 is 0 Å². The fourth-order valence-electron chi connectivity index (χ4n) is 3.80. The van der Waals surface area contributed by atoms with E-state index in [1.165, 1.54) is 8.61 Å². The Kier molecular flexibility index (Phi) is 7.70. The smallest absolute Gasteiger partial charge is 0.282 e. The van der Waals surface area contributed by atoms with Crippen LogP contribution in [0.15, 0.2) is 24.3 Å². The number of nitrogens with zero attached hydrogens (tertiary/aromatic N) is 3. The van der Waals surface area contributed by atoms with Gasteiger partial charge in [0.05, 0.1) is 25.9 Å². The quantitative estimate of drug-likeness (QED) is 0.655. The first-order chi connectivity index (χ1) is 14.3. The van der Waals surface area contributed by atoms with Crippen LogP contribution in [0.2, 0.25) is 0 Å². The minimum absolute atomic E-state index is 0.0713. The number of nitrogens with one attached hydrogen (secondary N) is 1. The Balaban J connectivity index is 1.43. The van der Waals surface area contributed by atoms with Gasteiger partial charge >= 0.3 is 0 Å². The van der Waals surface area contributed by atoms with Crippen LogP contribution in [0.3, 0.4) is 0 Å². The molecule has 3 rings (SSSR count). The lowest BCUT2D eigenvalue weighted by Crippen LogP contribution is -2.57. The molecule has 2 aliphatic heterocycles. The van der Waals surface area contributed by atoms with E-state index in [9.17, 15) is 13.2 Å². The predicted octanol–water partition coefficient (Wildman–Crippen LogP) is 0.283. The van der Waals surface area contributed by atoms with Crippen molar-refractivity contribution in [1.82, 2.24) is 18.8 Å². The molecule has 1 amide bonds. The van der Waals surface area contributed by atoms with Gasteiger partial charge in [-0.15, -0.1) is 0 Å². The second kappa shape index (κ2) is 10.1. The van der Waals surface area contributed by atoms with E-state index in [1.807, 2.05) is 43.0 Å². The molecule has 2 atom stereocenters. The van der Waals surface area contributed by atoms with Gasteiger partial charge in [0.2, 0.25) is 5.91 Å². The van der Waals surface area contributed by atoms with Crippen molar-refractivity contribution in [3.63, 3.8) is 0 Å². The Morgan fingerprint density at radius 3 is 2.23 bits per heavy atom. The van der Waals surface area contributed by atoms with E-state index in [4.69, 9.17) is 9.47 Å². The molecule has 2 heterocycles. The summed E-state index contributed by atoms with van der Waals surface area (Å²) in [5.74, 6) is 0.705. The van der Waals surface area contributed by atoms with Crippen LogP contribution in [0.25, 0.3) is 0 Å². The minimum atomic E-state index is -3.51. The molecule has 0 bridgehead atoms. The third kappa shape index (κ3) is 5.92. The highest BCUT2D eigenvalue weighted by Crippen LogP contribution is 2.19. The van der Waals surface area contributed by atoms with Crippen LogP contribution in [-0.4, -0.2) is 93.0 Å². The fraction of sp³-hybridized carbons (Fsp3) is 0.650. The highest BCUT2D eigenvalue weighted by atomic mass is 32.2. The van der Waals surface area contributed by atoms with Crippen LogP contribution in [0.5, 0.6) is 5.75 Å². The van der Waals surface area contributed by atoms with Crippen molar-refractivity contribution in [3.8, 4) is 5.75 Å². The standard InChI is InChI=1S/C20H32N4O5S/c1-16-13-24(14-17(2)29-16)30(26,27)23-10-8-22(9-11-23)15-20(25)21-12-18-4-6-19(28-3)7-5-18/h4-7,16-17H,8-15H2,1-3H3,(H,21,25). The topological polar surface area (TPSA) is 91.4 Å². The molecular formula is C20H32N4O5S. The molecular weight excluding hydrogens is 408 g/mol. The van der Waals surface area contributed by atoms with E-state index in [1.54, 1.807) is 7.11 Å². The van der Waals surface area contributed by atoms with Crippen molar-refractivity contribution in [2.24, 2.45) is 0 Å². The molecule has 2 aliphatic rings. The van der Waals surface area contributed by atoms with Gasteiger partial charge in [-0.2, -0.15) is 17.0 Å². The maximum Gasteiger partial charge on any atom is 0.282 e. The van der Waals surface area contributed by atoms with E-state index in [0.29, 0.717) is 45.8 Å². The maximum atomic E-state index is 13.0. The van der Waals surface area contributed by atoms with Gasteiger partial charge in [-0.25, -0.2) is 0 Å². The number of benzene rings is 1. The number of piperazine rings is 1. The van der Waals surface area contributed by atoms with E-state index in [0.717, 1.165) is 11.3 Å². The number of carbonyl (C=O) groups excluding carboxylic acids is 1. The number of carbonyl (C=O) groups is 1. The first-order valence-corrected chi connectivity index (χ1v) is 11.7. The molecule has 0 aliphatic carbocycles. The van der Waals surface area contributed by atoms with Gasteiger partial charge in [-0.3, -0.25) is 9.69 Å². The van der Waals surface area contributed by atoms with Gasteiger partial charge in [0.1, 0.15) is 5.75 Å². The zero-order valence-corrected chi connectivity index (χ0v) is 18.7. The number of methoxy groups -OCH3 is 1. The molecule has 10 heteroatoms. The van der Waals surface area contributed by atoms with E-state index in [-0.39, 0.29) is 24.7 Å². The Morgan fingerprint density at radius 2 is 1.67 bits per heavy atom. The van der Waals surface area contributed by atoms with Crippen LogP contribution in [0.4, 0.5) is 0 Å². The molecule has 1 aromatic rings. The summed E-state index contributed by atoms with van der Waals surface area (Å²) >= 11 is 0. The Bertz CT molecular complexity index is 799. The van der Waals surface area contributed by atoms with Crippen molar-refractivity contribution < 1.29 is 22.7 Å². The second-order valence-corrected chi connectivity index (χ2v) is 9.81. The van der Waals surface area contributed by atoms with Gasteiger partial charge in [0.25, 0.3) is 10.2 Å². The Morgan fingerprint density at radius 1 is 1.07 bits per heavy atom. The third-order valence-corrected chi connectivity index (χ3v) is 7.35. The SMILES string of the molecule is COc1ccc(CNC(=O)CN2CCN(S(=O)(=O)N3CC(C)OC(C)C3)CC2)cc1. The lowest BCUT2D eigenvalue weighted by atomic mass is 10.2. The number of hydrogen-bond acceptors (Lipinski definition) is 6. The summed E-state index contributed by atoms with van der Waals surface area (Å²) in [7, 11) is -1.89. The van der Waals surface area contributed by atoms with Crippen LogP contribution < -0.4 is 10.1 Å². The zero-order chi connectivity index (χ0) is 21.7. The van der Waals surface area contributed by atoms with Gasteiger partial charge in [-0.05, 0) is 31.5 Å². The van der Waals surface area contributed by atoms with E-state index < -0.39 is 10.2 Å². The summed E-state index contributed by atoms with van der Waals surface area (Å²) < 4.78 is 39.7. The van der Waals surface area contributed by atoms with E-state index >= 15 is 0 Å². The van der Waals surface area contributed by atoms with Gasteiger partial charge in [0.15, 0.2) is 0 Å². The lowest BCUT2D eigenvalue weighted by Gasteiger charge is -2.40. The van der Waals surface area contributed by atoms with Gasteiger partial charge in [0, 0.05) is 45.8 Å². The molecule has 9 nitrogen and oxygen atoms in total. The van der Waals surface area contributed by atoms with Crippen molar-refractivity contribution in [1.29, 1.82) is 0 Å². The minimum Gasteiger partial charge on any atom is -0.497 e. The maximum absolute atomic E-state index is 13.0. The van der Waals surface area contributed by atoms with Crippen molar-refractivity contribution in [2.45, 2.75) is 32.6 Å². The normalized spacial score (nSPS) is 24.5. The first kappa shape index (κ1) is 23.0. The summed E-state index contributed by atoms with van der Waals surface area (Å²) in [4.78, 5) is 14.3. The number of rotatable bonds is 7. The molecule has 30 heavy (non-hydrogen) atoms. The van der Waals surface area contributed by atoms with E-state index in [2.05, 4.69) is 5.32 Å². The molecule has 2 fully saturated rings. The Labute approximate surface area is 179 Å². The largest absolute Gasteiger partial charge is 0.497 e. The zero-order valence-electron chi connectivity index (χ0n) is 17.9. The van der Waals surface area contributed by atoms with Crippen molar-refractivity contribution in [3.05, 3.63) is 29.8 Å². The highest BCUT2D eigenvalue weighted by Gasteiger charge is 2.36. The Hall–Kier alpha value is -1.72. The summed E-state index contributed by atoms with van der Waals surface area (Å²) in [6.45, 7) is 7.07. The number of ether oxygens (including phenoxy) is 2. The van der Waals surface area contributed by atoms with Crippen LogP contribution in [0.1, 0.15) is 19.4 Å². The van der Waals surface area contributed by atoms with Gasteiger partial charge < -0.3 is 14.8 Å². The summed E-state index contributed by atoms with van der Waals surface area (Å²) in [6.07, 6.45) is -0.224. The molecule has 2 unspecified atom stereocenters. The van der Waals surface area contributed by atoms with Gasteiger partial charge in [-0.1, -0.05) is 12.1 Å². The monoisotopic (exact) mass is 440 g/mol. The second-order valence-electron chi connectivity index (χ2n) is 7.88. The molecule has 168 valence electrons. The number of hydrogen-bond donors (Lipinski definition) is 1. The molecule has 0 radical (unpaired) electrons. The molecule has 2 saturated heterocycles. The average molecular weight is 441 g/mol. The number of amides is 1. The molecule has 0 saturated carbocycles. The molecule has 0 spiro atoms. The van der Waals surface area contributed by atoms with Crippen LogP contribution in [0, 0.1) is 0 Å². The molecule has 0 aromatic heterocycles. The molecule has 1 N–H and O–H groups in total. The predicted molar refractivity (Wildman–Crippen MR) is 113 cm³/mol. The summed E-state index contributed by atoms with van der Waals surface area (Å²) in [5.41, 5.74) is 0.994. The summed E-state index contributed by atoms with van der Waals surface area (Å²) in [5, 5.41) is 2.91. The average Bonchev–Trinajstić information content (AvgIpc) is 2.72.